The topological polar surface area (TPSA) is 21.3 Å². The highest BCUT2D eigenvalue weighted by atomic mass is 16.5. The van der Waals surface area contributed by atoms with Crippen LogP contribution in [-0.2, 0) is 0 Å². The van der Waals surface area contributed by atoms with Gasteiger partial charge in [0.25, 0.3) is 0 Å². The summed E-state index contributed by atoms with van der Waals surface area (Å²) in [5, 5.41) is 3.76. The molecule has 2 nitrogen and oxygen atoms in total. The van der Waals surface area contributed by atoms with Gasteiger partial charge in [-0.2, -0.15) is 0 Å². The quantitative estimate of drug-likeness (QED) is 0.851. The van der Waals surface area contributed by atoms with Gasteiger partial charge in [-0.15, -0.1) is 0 Å². The summed E-state index contributed by atoms with van der Waals surface area (Å²) in [4.78, 5) is 0. The molecular weight excluding hydrogens is 222 g/mol. The number of ether oxygens (including phenoxy) is 1. The molecule has 1 saturated carbocycles. The predicted molar refractivity (Wildman–Crippen MR) is 76.0 cm³/mol. The van der Waals surface area contributed by atoms with Crippen molar-refractivity contribution in [2.45, 2.75) is 51.6 Å². The third-order valence-corrected chi connectivity index (χ3v) is 4.22. The van der Waals surface area contributed by atoms with Crippen LogP contribution in [-0.4, -0.2) is 13.2 Å². The number of hydrogen-bond acceptors (Lipinski definition) is 2. The molecule has 0 spiro atoms. The van der Waals surface area contributed by atoms with Crippen LogP contribution in [0.1, 0.15) is 51.1 Å². The summed E-state index contributed by atoms with van der Waals surface area (Å²) in [7, 11) is 1.71. The maximum Gasteiger partial charge on any atom is 0.118 e. The van der Waals surface area contributed by atoms with Crippen LogP contribution in [0.5, 0.6) is 5.75 Å². The van der Waals surface area contributed by atoms with Crippen LogP contribution in [0, 0.1) is 5.92 Å². The molecule has 2 unspecified atom stereocenters. The zero-order valence-electron chi connectivity index (χ0n) is 11.8. The van der Waals surface area contributed by atoms with Gasteiger partial charge >= 0.3 is 0 Å². The van der Waals surface area contributed by atoms with Crippen LogP contribution in [0.25, 0.3) is 0 Å². The first-order chi connectivity index (χ1) is 8.72. The molecule has 1 fully saturated rings. The van der Waals surface area contributed by atoms with Gasteiger partial charge < -0.3 is 10.1 Å². The second-order valence-electron chi connectivity index (χ2n) is 5.45. The first-order valence-electron chi connectivity index (χ1n) is 7.13. The van der Waals surface area contributed by atoms with E-state index in [0.29, 0.717) is 12.1 Å². The lowest BCUT2D eigenvalue weighted by atomic mass is 10.0. The van der Waals surface area contributed by atoms with E-state index in [2.05, 4.69) is 31.3 Å². The third kappa shape index (κ3) is 3.26. The largest absolute Gasteiger partial charge is 0.497 e. The van der Waals surface area contributed by atoms with Crippen molar-refractivity contribution in [1.29, 1.82) is 0 Å². The third-order valence-electron chi connectivity index (χ3n) is 4.22. The Hall–Kier alpha value is -1.02. The number of benzene rings is 1. The maximum absolute atomic E-state index is 5.19. The van der Waals surface area contributed by atoms with Gasteiger partial charge in [0.15, 0.2) is 0 Å². The van der Waals surface area contributed by atoms with Gasteiger partial charge in [-0.1, -0.05) is 25.5 Å². The van der Waals surface area contributed by atoms with E-state index in [9.17, 15) is 0 Å². The van der Waals surface area contributed by atoms with Gasteiger partial charge in [-0.05, 0) is 49.8 Å². The Balaban J connectivity index is 1.89. The van der Waals surface area contributed by atoms with E-state index in [0.717, 1.165) is 11.7 Å². The standard InChI is InChI=1S/C16H25NO/c1-4-13-5-8-15(11-13)17-12(2)14-6-9-16(18-3)10-7-14/h6-7,9-10,12-13,15,17H,4-5,8,11H2,1-3H3/t12-,13?,15?/m0/s1. The Morgan fingerprint density at radius 3 is 2.56 bits per heavy atom. The minimum absolute atomic E-state index is 0.427. The van der Waals surface area contributed by atoms with Crippen LogP contribution < -0.4 is 10.1 Å². The molecule has 0 aliphatic heterocycles. The second-order valence-corrected chi connectivity index (χ2v) is 5.45. The summed E-state index contributed by atoms with van der Waals surface area (Å²) in [6.45, 7) is 4.56. The van der Waals surface area contributed by atoms with Crippen molar-refractivity contribution in [3.8, 4) is 5.75 Å². The van der Waals surface area contributed by atoms with E-state index < -0.39 is 0 Å². The van der Waals surface area contributed by atoms with Crippen molar-refractivity contribution in [2.75, 3.05) is 7.11 Å². The van der Waals surface area contributed by atoms with E-state index in [1.54, 1.807) is 7.11 Å². The maximum atomic E-state index is 5.19. The Morgan fingerprint density at radius 1 is 1.28 bits per heavy atom. The average molecular weight is 247 g/mol. The molecule has 1 aliphatic rings. The Labute approximate surface area is 111 Å². The molecule has 0 heterocycles. The van der Waals surface area contributed by atoms with Crippen molar-refractivity contribution < 1.29 is 4.74 Å². The minimum Gasteiger partial charge on any atom is -0.497 e. The van der Waals surface area contributed by atoms with Gasteiger partial charge in [-0.25, -0.2) is 0 Å². The highest BCUT2D eigenvalue weighted by Gasteiger charge is 2.24. The molecule has 0 saturated heterocycles. The van der Waals surface area contributed by atoms with Crippen molar-refractivity contribution >= 4 is 0 Å². The summed E-state index contributed by atoms with van der Waals surface area (Å²) < 4.78 is 5.19. The highest BCUT2D eigenvalue weighted by Crippen LogP contribution is 2.29. The SMILES string of the molecule is CCC1CCC(N[C@@H](C)c2ccc(OC)cc2)C1. The van der Waals surface area contributed by atoms with Crippen LogP contribution in [0.2, 0.25) is 0 Å². The summed E-state index contributed by atoms with van der Waals surface area (Å²) >= 11 is 0. The molecule has 0 amide bonds. The second kappa shape index (κ2) is 6.24. The van der Waals surface area contributed by atoms with Crippen LogP contribution in [0.3, 0.4) is 0 Å². The molecule has 0 radical (unpaired) electrons. The lowest BCUT2D eigenvalue weighted by Crippen LogP contribution is -2.29. The van der Waals surface area contributed by atoms with Crippen molar-refractivity contribution in [2.24, 2.45) is 5.92 Å². The van der Waals surface area contributed by atoms with E-state index in [1.807, 2.05) is 12.1 Å². The van der Waals surface area contributed by atoms with Crippen LogP contribution in [0.4, 0.5) is 0 Å². The molecule has 2 rings (SSSR count). The monoisotopic (exact) mass is 247 g/mol. The Kier molecular flexibility index (Phi) is 4.65. The minimum atomic E-state index is 0.427. The first kappa shape index (κ1) is 13.4. The fraction of sp³-hybridized carbons (Fsp3) is 0.625. The Bertz CT molecular complexity index is 360. The van der Waals surface area contributed by atoms with E-state index in [-0.39, 0.29) is 0 Å². The van der Waals surface area contributed by atoms with Crippen molar-refractivity contribution in [3.05, 3.63) is 29.8 Å². The fourth-order valence-corrected chi connectivity index (χ4v) is 2.94. The molecule has 2 heteroatoms. The van der Waals surface area contributed by atoms with Gasteiger partial charge in [-0.3, -0.25) is 0 Å². The summed E-state index contributed by atoms with van der Waals surface area (Å²) in [5.74, 6) is 1.86. The molecule has 1 aromatic carbocycles. The van der Waals surface area contributed by atoms with Gasteiger partial charge in [0.2, 0.25) is 0 Å². The molecule has 0 bridgehead atoms. The van der Waals surface area contributed by atoms with Gasteiger partial charge in [0, 0.05) is 12.1 Å². The van der Waals surface area contributed by atoms with Crippen molar-refractivity contribution in [3.63, 3.8) is 0 Å². The normalized spacial score (nSPS) is 25.1. The number of methoxy groups -OCH3 is 1. The smallest absolute Gasteiger partial charge is 0.118 e. The lowest BCUT2D eigenvalue weighted by Gasteiger charge is -2.20. The molecular formula is C16H25NO. The Morgan fingerprint density at radius 2 is 2.00 bits per heavy atom. The van der Waals surface area contributed by atoms with Crippen LogP contribution in [0.15, 0.2) is 24.3 Å². The zero-order chi connectivity index (χ0) is 13.0. The number of rotatable bonds is 5. The van der Waals surface area contributed by atoms with Gasteiger partial charge in [0.1, 0.15) is 5.75 Å². The lowest BCUT2D eigenvalue weighted by molar-refractivity contribution is 0.413. The van der Waals surface area contributed by atoms with E-state index >= 15 is 0 Å². The first-order valence-corrected chi connectivity index (χ1v) is 7.13. The van der Waals surface area contributed by atoms with Crippen molar-refractivity contribution in [1.82, 2.24) is 5.32 Å². The van der Waals surface area contributed by atoms with E-state index in [4.69, 9.17) is 4.74 Å². The number of hydrogen-bond donors (Lipinski definition) is 1. The van der Waals surface area contributed by atoms with Gasteiger partial charge in [0.05, 0.1) is 7.11 Å². The van der Waals surface area contributed by atoms with Crippen LogP contribution >= 0.6 is 0 Å². The number of nitrogens with one attached hydrogen (secondary N) is 1. The molecule has 100 valence electrons. The summed E-state index contributed by atoms with van der Waals surface area (Å²) in [6.07, 6.45) is 5.40. The molecule has 1 aliphatic carbocycles. The average Bonchev–Trinajstić information content (AvgIpc) is 2.86. The zero-order valence-corrected chi connectivity index (χ0v) is 11.8. The molecule has 18 heavy (non-hydrogen) atoms. The molecule has 0 aromatic heterocycles. The molecule has 1 N–H and O–H groups in total. The van der Waals surface area contributed by atoms with E-state index in [1.165, 1.54) is 31.2 Å². The fourth-order valence-electron chi connectivity index (χ4n) is 2.94. The summed E-state index contributed by atoms with van der Waals surface area (Å²) in [5.41, 5.74) is 1.34. The molecule has 1 aromatic rings. The summed E-state index contributed by atoms with van der Waals surface area (Å²) in [6, 6.07) is 9.52. The predicted octanol–water partition coefficient (Wildman–Crippen LogP) is 3.92. The highest BCUT2D eigenvalue weighted by molar-refractivity contribution is 5.28. The molecule has 3 atom stereocenters.